The Kier molecular flexibility index (Phi) is 8.61. The van der Waals surface area contributed by atoms with Gasteiger partial charge in [0.15, 0.2) is 5.60 Å². The van der Waals surface area contributed by atoms with Crippen LogP contribution in [0.1, 0.15) is 100 Å². The van der Waals surface area contributed by atoms with Crippen molar-refractivity contribution in [2.75, 3.05) is 13.7 Å². The lowest BCUT2D eigenvalue weighted by atomic mass is 9.45. The van der Waals surface area contributed by atoms with Crippen molar-refractivity contribution in [2.24, 2.45) is 21.7 Å². The predicted octanol–water partition coefficient (Wildman–Crippen LogP) is 7.64. The van der Waals surface area contributed by atoms with Crippen molar-refractivity contribution in [3.05, 3.63) is 35.9 Å². The highest BCUT2D eigenvalue weighted by molar-refractivity contribution is 5.82. The molecule has 2 unspecified atom stereocenters. The highest BCUT2D eigenvalue weighted by Gasteiger charge is 2.67. The molecule has 0 aliphatic carbocycles. The Morgan fingerprint density at radius 3 is 1.81 bits per heavy atom. The van der Waals surface area contributed by atoms with E-state index in [1.807, 2.05) is 0 Å². The van der Waals surface area contributed by atoms with Gasteiger partial charge in [0.25, 0.3) is 0 Å². The fraction of sp³-hybridized carbons (Fsp3) is 0.750. The lowest BCUT2D eigenvalue weighted by Crippen LogP contribution is -2.67. The molecule has 0 saturated carbocycles. The van der Waals surface area contributed by atoms with Crippen LogP contribution in [0.2, 0.25) is 0 Å². The minimum absolute atomic E-state index is 0.0222. The molecular weight excluding hydrogens is 384 g/mol. The maximum Gasteiger partial charge on any atom is 0.339 e. The van der Waals surface area contributed by atoms with Gasteiger partial charge < -0.3 is 9.47 Å². The van der Waals surface area contributed by atoms with Crippen molar-refractivity contribution in [3.63, 3.8) is 0 Å². The van der Waals surface area contributed by atoms with Crippen molar-refractivity contribution < 1.29 is 14.3 Å². The molecule has 1 rings (SSSR count). The maximum atomic E-state index is 13.8. The van der Waals surface area contributed by atoms with Gasteiger partial charge in [-0.15, -0.1) is 0 Å². The number of hydrogen-bond acceptors (Lipinski definition) is 3. The first kappa shape index (κ1) is 27.7. The SMILES string of the molecule is CCCCOC(=O)C(OC)(C(C)(C)C)C(C)(C)C(C)(C)C(c1ccccc1)C(C)(C)C. The largest absolute Gasteiger partial charge is 0.464 e. The van der Waals surface area contributed by atoms with Crippen LogP contribution in [0.5, 0.6) is 0 Å². The lowest BCUT2D eigenvalue weighted by molar-refractivity contribution is -0.233. The van der Waals surface area contributed by atoms with Crippen LogP contribution in [-0.2, 0) is 14.3 Å². The van der Waals surface area contributed by atoms with Gasteiger partial charge in [-0.2, -0.15) is 0 Å². The van der Waals surface area contributed by atoms with Crippen molar-refractivity contribution >= 4 is 5.97 Å². The number of benzene rings is 1. The van der Waals surface area contributed by atoms with Crippen molar-refractivity contribution in [1.29, 1.82) is 0 Å². The van der Waals surface area contributed by atoms with Crippen LogP contribution in [0.15, 0.2) is 30.3 Å². The highest BCUT2D eigenvalue weighted by atomic mass is 16.6. The molecule has 0 radical (unpaired) electrons. The zero-order valence-corrected chi connectivity index (χ0v) is 22.3. The minimum Gasteiger partial charge on any atom is -0.464 e. The van der Waals surface area contributed by atoms with E-state index in [9.17, 15) is 4.79 Å². The zero-order valence-electron chi connectivity index (χ0n) is 22.3. The molecule has 0 fully saturated rings. The molecule has 0 bridgehead atoms. The van der Waals surface area contributed by atoms with Gasteiger partial charge in [0.05, 0.1) is 6.61 Å². The third kappa shape index (κ3) is 5.02. The Hall–Kier alpha value is -1.35. The summed E-state index contributed by atoms with van der Waals surface area (Å²) in [5.74, 6) is -0.0636. The molecule has 0 saturated heterocycles. The fourth-order valence-corrected chi connectivity index (χ4v) is 6.01. The molecule has 31 heavy (non-hydrogen) atoms. The molecule has 2 atom stereocenters. The van der Waals surface area contributed by atoms with Gasteiger partial charge in [-0.05, 0) is 28.7 Å². The standard InChI is InChI=1S/C28H48O3/c1-13-14-20-31-23(29)28(30-12,25(5,6)7)27(10,11)26(8,9)22(24(2,3)4)21-18-16-15-17-19-21/h15-19,22H,13-14,20H2,1-12H3. The summed E-state index contributed by atoms with van der Waals surface area (Å²) >= 11 is 0. The van der Waals surface area contributed by atoms with Gasteiger partial charge in [0, 0.05) is 17.9 Å². The van der Waals surface area contributed by atoms with Gasteiger partial charge in [0.1, 0.15) is 0 Å². The monoisotopic (exact) mass is 432 g/mol. The second kappa shape index (κ2) is 9.65. The molecule has 3 heteroatoms. The van der Waals surface area contributed by atoms with Gasteiger partial charge in [-0.1, -0.05) is 113 Å². The van der Waals surface area contributed by atoms with Gasteiger partial charge >= 0.3 is 5.97 Å². The maximum absolute atomic E-state index is 13.8. The summed E-state index contributed by atoms with van der Waals surface area (Å²) in [6, 6.07) is 10.7. The van der Waals surface area contributed by atoms with Crippen LogP contribution < -0.4 is 0 Å². The molecule has 0 amide bonds. The van der Waals surface area contributed by atoms with Crippen molar-refractivity contribution in [2.45, 2.75) is 101 Å². The topological polar surface area (TPSA) is 35.5 Å². The number of rotatable bonds is 9. The number of unbranched alkanes of at least 4 members (excludes halogenated alkanes) is 1. The van der Waals surface area contributed by atoms with Gasteiger partial charge in [0.2, 0.25) is 0 Å². The molecule has 1 aromatic rings. The molecule has 0 aliphatic heterocycles. The summed E-state index contributed by atoms with van der Waals surface area (Å²) in [6.07, 6.45) is 1.84. The summed E-state index contributed by atoms with van der Waals surface area (Å²) in [5.41, 5.74) is -1.18. The molecule has 1 aromatic carbocycles. The Bertz CT molecular complexity index is 704. The fourth-order valence-electron chi connectivity index (χ4n) is 6.01. The third-order valence-corrected chi connectivity index (χ3v) is 7.59. The lowest BCUT2D eigenvalue weighted by Gasteiger charge is -2.61. The molecule has 0 spiro atoms. The van der Waals surface area contributed by atoms with E-state index in [1.54, 1.807) is 7.11 Å². The molecular formula is C28H48O3. The second-order valence-corrected chi connectivity index (χ2v) is 12.2. The van der Waals surface area contributed by atoms with E-state index in [0.717, 1.165) is 12.8 Å². The first-order valence-electron chi connectivity index (χ1n) is 11.8. The van der Waals surface area contributed by atoms with Crippen LogP contribution in [0.3, 0.4) is 0 Å². The molecule has 0 N–H and O–H groups in total. The van der Waals surface area contributed by atoms with Crippen LogP contribution in [0.4, 0.5) is 0 Å². The van der Waals surface area contributed by atoms with E-state index in [0.29, 0.717) is 6.61 Å². The number of carbonyl (C=O) groups is 1. The molecule has 178 valence electrons. The van der Waals surface area contributed by atoms with Crippen LogP contribution in [0.25, 0.3) is 0 Å². The van der Waals surface area contributed by atoms with E-state index in [-0.39, 0.29) is 22.7 Å². The zero-order chi connectivity index (χ0) is 24.3. The molecule has 0 aliphatic rings. The molecule has 0 aromatic heterocycles. The Labute approximate surface area is 192 Å². The van der Waals surface area contributed by atoms with E-state index in [2.05, 4.69) is 106 Å². The first-order chi connectivity index (χ1) is 14.0. The Balaban J connectivity index is 3.74. The normalized spacial score (nSPS) is 16.5. The van der Waals surface area contributed by atoms with Crippen molar-refractivity contribution in [1.82, 2.24) is 0 Å². The van der Waals surface area contributed by atoms with Gasteiger partial charge in [-0.3, -0.25) is 0 Å². The smallest absolute Gasteiger partial charge is 0.339 e. The third-order valence-electron chi connectivity index (χ3n) is 7.59. The summed E-state index contributed by atoms with van der Waals surface area (Å²) in [4.78, 5) is 13.8. The van der Waals surface area contributed by atoms with Crippen LogP contribution >= 0.6 is 0 Å². The highest BCUT2D eigenvalue weighted by Crippen LogP contribution is 2.63. The summed E-state index contributed by atoms with van der Waals surface area (Å²) in [6.45, 7) is 24.6. The number of methoxy groups -OCH3 is 1. The summed E-state index contributed by atoms with van der Waals surface area (Å²) < 4.78 is 12.1. The first-order valence-corrected chi connectivity index (χ1v) is 11.8. The second-order valence-electron chi connectivity index (χ2n) is 12.2. The van der Waals surface area contributed by atoms with Crippen LogP contribution in [0, 0.1) is 21.7 Å². The molecule has 3 nitrogen and oxygen atoms in total. The minimum atomic E-state index is -1.12. The number of hydrogen-bond donors (Lipinski definition) is 0. The van der Waals surface area contributed by atoms with E-state index >= 15 is 0 Å². The quantitative estimate of drug-likeness (QED) is 0.297. The van der Waals surface area contributed by atoms with E-state index in [4.69, 9.17) is 9.47 Å². The number of ether oxygens (including phenoxy) is 2. The van der Waals surface area contributed by atoms with E-state index in [1.165, 1.54) is 5.56 Å². The summed E-state index contributed by atoms with van der Waals surface area (Å²) in [7, 11) is 1.67. The average Bonchev–Trinajstić information content (AvgIpc) is 2.60. The summed E-state index contributed by atoms with van der Waals surface area (Å²) in [5, 5.41) is 0. The van der Waals surface area contributed by atoms with Gasteiger partial charge in [-0.25, -0.2) is 4.79 Å². The van der Waals surface area contributed by atoms with Crippen LogP contribution in [-0.4, -0.2) is 25.3 Å². The Morgan fingerprint density at radius 1 is 0.903 bits per heavy atom. The van der Waals surface area contributed by atoms with Crippen molar-refractivity contribution in [3.8, 4) is 0 Å². The average molecular weight is 433 g/mol. The number of carbonyl (C=O) groups excluding carboxylic acids is 1. The predicted molar refractivity (Wildman–Crippen MR) is 131 cm³/mol. The number of esters is 1. The van der Waals surface area contributed by atoms with E-state index < -0.39 is 16.4 Å². The molecule has 0 heterocycles. The Morgan fingerprint density at radius 2 is 1.42 bits per heavy atom.